The van der Waals surface area contributed by atoms with Crippen LogP contribution in [0.4, 0.5) is 11.5 Å². The van der Waals surface area contributed by atoms with E-state index in [1.54, 1.807) is 24.3 Å². The number of carboxylic acids is 1. The van der Waals surface area contributed by atoms with Crippen molar-refractivity contribution in [2.75, 3.05) is 37.8 Å². The van der Waals surface area contributed by atoms with Crippen LogP contribution >= 0.6 is 11.6 Å². The first-order valence-electron chi connectivity index (χ1n) is 10.5. The van der Waals surface area contributed by atoms with E-state index in [2.05, 4.69) is 15.6 Å². The highest BCUT2D eigenvalue weighted by Crippen LogP contribution is 2.17. The zero-order chi connectivity index (χ0) is 24.8. The number of anilines is 2. The molecule has 12 heteroatoms. The van der Waals surface area contributed by atoms with Crippen LogP contribution in [0.3, 0.4) is 0 Å². The highest BCUT2D eigenvalue weighted by Gasteiger charge is 2.32. The Bertz CT molecular complexity index is 1120. The number of nitrogen functional groups attached to an aromatic ring is 1. The number of pyridine rings is 1. The monoisotopic (exact) mass is 491 g/mol. The fraction of sp³-hybridized carbons (Fsp3) is 0.364. The molecule has 11 nitrogen and oxygen atoms in total. The molecule has 0 spiro atoms. The number of carboxylic acid groups (broad SMARTS) is 1. The van der Waals surface area contributed by atoms with E-state index >= 15 is 0 Å². The molecule has 3 rings (SSSR count). The molecule has 0 unspecified atom stereocenters. The standard InChI is InChI=1S/C22H26ClN5O6/c1-34-17-10-28(11-18(29)25-13-4-2-12(3-5-13)8-19(30)31)7-6-16(17)26-21(32)14-9-15(23)20(24)27-22(14)33/h2-5,9,16-17H,6-8,10-11H2,1H3,(H,25,29)(H,26,32)(H,30,31)(H3,24,27,33)/t16-,17+/m1/s1. The number of ether oxygens (including phenoxy) is 1. The van der Waals surface area contributed by atoms with Gasteiger partial charge in [0.2, 0.25) is 5.91 Å². The third-order valence-corrected chi connectivity index (χ3v) is 5.80. The maximum atomic E-state index is 12.6. The van der Waals surface area contributed by atoms with E-state index in [1.807, 2.05) is 4.90 Å². The van der Waals surface area contributed by atoms with E-state index in [9.17, 15) is 19.2 Å². The summed E-state index contributed by atoms with van der Waals surface area (Å²) in [4.78, 5) is 52.1. The predicted octanol–water partition coefficient (Wildman–Crippen LogP) is 0.695. The number of aromatic nitrogens is 1. The van der Waals surface area contributed by atoms with Crippen LogP contribution in [0.5, 0.6) is 0 Å². The SMILES string of the molecule is CO[C@H]1CN(CC(=O)Nc2ccc(CC(=O)O)cc2)CC[C@H]1NC(=O)c1cc(Cl)c(N)[nH]c1=O. The van der Waals surface area contributed by atoms with Gasteiger partial charge in [-0.05, 0) is 30.2 Å². The number of piperidine rings is 1. The summed E-state index contributed by atoms with van der Waals surface area (Å²) in [5, 5.41) is 14.5. The first-order chi connectivity index (χ1) is 16.2. The Morgan fingerprint density at radius 1 is 1.29 bits per heavy atom. The third kappa shape index (κ3) is 6.56. The van der Waals surface area contributed by atoms with Crippen molar-refractivity contribution in [1.82, 2.24) is 15.2 Å². The minimum absolute atomic E-state index is 0.0132. The molecule has 0 bridgehead atoms. The number of benzene rings is 1. The van der Waals surface area contributed by atoms with Crippen LogP contribution in [-0.2, 0) is 20.7 Å². The number of carbonyl (C=O) groups excluding carboxylic acids is 2. The summed E-state index contributed by atoms with van der Waals surface area (Å²) in [6, 6.07) is 7.47. The number of hydrogen-bond donors (Lipinski definition) is 5. The van der Waals surface area contributed by atoms with Crippen molar-refractivity contribution in [3.05, 3.63) is 56.8 Å². The number of rotatable bonds is 8. The summed E-state index contributed by atoms with van der Waals surface area (Å²) in [6.07, 6.45) is 0.0176. The van der Waals surface area contributed by atoms with Crippen molar-refractivity contribution >= 4 is 40.9 Å². The van der Waals surface area contributed by atoms with Gasteiger partial charge in [0.15, 0.2) is 0 Å². The van der Waals surface area contributed by atoms with Gasteiger partial charge >= 0.3 is 5.97 Å². The summed E-state index contributed by atoms with van der Waals surface area (Å²) in [5.41, 5.74) is 5.96. The number of hydrogen-bond acceptors (Lipinski definition) is 7. The lowest BCUT2D eigenvalue weighted by Gasteiger charge is -2.37. The van der Waals surface area contributed by atoms with Crippen molar-refractivity contribution < 1.29 is 24.2 Å². The molecule has 0 aliphatic carbocycles. The molecule has 0 radical (unpaired) electrons. The fourth-order valence-corrected chi connectivity index (χ4v) is 3.90. The third-order valence-electron chi connectivity index (χ3n) is 5.49. The molecule has 182 valence electrons. The van der Waals surface area contributed by atoms with Gasteiger partial charge in [0.25, 0.3) is 11.5 Å². The molecule has 2 amide bonds. The van der Waals surface area contributed by atoms with Crippen LogP contribution in [-0.4, -0.2) is 71.7 Å². The second kappa shape index (κ2) is 11.1. The van der Waals surface area contributed by atoms with Crippen LogP contribution in [0.2, 0.25) is 5.02 Å². The molecule has 1 aliphatic rings. The summed E-state index contributed by atoms with van der Waals surface area (Å²) < 4.78 is 5.52. The van der Waals surface area contributed by atoms with E-state index in [0.29, 0.717) is 30.8 Å². The number of aliphatic carboxylic acids is 1. The molecular formula is C22H26ClN5O6. The van der Waals surface area contributed by atoms with Crippen molar-refractivity contribution in [2.24, 2.45) is 0 Å². The first kappa shape index (κ1) is 25.2. The van der Waals surface area contributed by atoms with Gasteiger partial charge in [-0.3, -0.25) is 24.1 Å². The molecular weight excluding hydrogens is 466 g/mol. The van der Waals surface area contributed by atoms with Crippen LogP contribution in [0.1, 0.15) is 22.3 Å². The first-order valence-corrected chi connectivity index (χ1v) is 10.9. The number of nitrogens with two attached hydrogens (primary N) is 1. The molecule has 1 aliphatic heterocycles. The van der Waals surface area contributed by atoms with Gasteiger partial charge in [-0.1, -0.05) is 23.7 Å². The molecule has 2 aromatic rings. The topological polar surface area (TPSA) is 167 Å². The molecule has 2 atom stereocenters. The minimum atomic E-state index is -0.923. The summed E-state index contributed by atoms with van der Waals surface area (Å²) >= 11 is 5.91. The normalized spacial score (nSPS) is 18.3. The minimum Gasteiger partial charge on any atom is -0.481 e. The Kier molecular flexibility index (Phi) is 8.26. The molecule has 1 fully saturated rings. The second-order valence-corrected chi connectivity index (χ2v) is 8.37. The average molecular weight is 492 g/mol. The van der Waals surface area contributed by atoms with Gasteiger partial charge < -0.3 is 31.2 Å². The second-order valence-electron chi connectivity index (χ2n) is 7.97. The Hall–Kier alpha value is -3.41. The lowest BCUT2D eigenvalue weighted by atomic mass is 10.0. The number of methoxy groups -OCH3 is 1. The van der Waals surface area contributed by atoms with E-state index in [-0.39, 0.29) is 41.3 Å². The van der Waals surface area contributed by atoms with E-state index in [0.717, 1.165) is 0 Å². The van der Waals surface area contributed by atoms with Crippen LogP contribution in [0.15, 0.2) is 35.1 Å². The lowest BCUT2D eigenvalue weighted by Crippen LogP contribution is -2.56. The molecule has 1 aromatic heterocycles. The van der Waals surface area contributed by atoms with Gasteiger partial charge in [-0.2, -0.15) is 0 Å². The van der Waals surface area contributed by atoms with E-state index in [1.165, 1.54) is 13.2 Å². The van der Waals surface area contributed by atoms with Crippen LogP contribution in [0.25, 0.3) is 0 Å². The molecule has 1 aromatic carbocycles. The molecule has 34 heavy (non-hydrogen) atoms. The molecule has 1 saturated heterocycles. The van der Waals surface area contributed by atoms with Crippen molar-refractivity contribution in [2.45, 2.75) is 25.0 Å². The van der Waals surface area contributed by atoms with Crippen molar-refractivity contribution in [3.63, 3.8) is 0 Å². The number of halogens is 1. The van der Waals surface area contributed by atoms with Gasteiger partial charge in [-0.15, -0.1) is 0 Å². The maximum Gasteiger partial charge on any atom is 0.307 e. The van der Waals surface area contributed by atoms with Crippen LogP contribution in [0, 0.1) is 0 Å². The zero-order valence-corrected chi connectivity index (χ0v) is 19.2. The van der Waals surface area contributed by atoms with Crippen LogP contribution < -0.4 is 21.9 Å². The van der Waals surface area contributed by atoms with Crippen molar-refractivity contribution in [1.29, 1.82) is 0 Å². The summed E-state index contributed by atoms with van der Waals surface area (Å²) in [5.74, 6) is -1.76. The largest absolute Gasteiger partial charge is 0.481 e. The number of likely N-dealkylation sites (tertiary alicyclic amines) is 1. The van der Waals surface area contributed by atoms with Gasteiger partial charge in [-0.25, -0.2) is 0 Å². The number of H-pyrrole nitrogens is 1. The molecule has 0 saturated carbocycles. The van der Waals surface area contributed by atoms with Gasteiger partial charge in [0.1, 0.15) is 11.4 Å². The van der Waals surface area contributed by atoms with Gasteiger partial charge in [0, 0.05) is 25.9 Å². The predicted molar refractivity (Wildman–Crippen MR) is 126 cm³/mol. The highest BCUT2D eigenvalue weighted by atomic mass is 35.5. The average Bonchev–Trinajstić information content (AvgIpc) is 2.78. The van der Waals surface area contributed by atoms with Gasteiger partial charge in [0.05, 0.1) is 30.1 Å². The zero-order valence-electron chi connectivity index (χ0n) is 18.5. The number of amides is 2. The molecule has 2 heterocycles. The van der Waals surface area contributed by atoms with E-state index < -0.39 is 23.5 Å². The fourth-order valence-electron chi connectivity index (χ4n) is 3.75. The Morgan fingerprint density at radius 3 is 2.65 bits per heavy atom. The number of nitrogens with zero attached hydrogens (tertiary/aromatic N) is 1. The van der Waals surface area contributed by atoms with Crippen molar-refractivity contribution in [3.8, 4) is 0 Å². The number of nitrogens with one attached hydrogen (secondary N) is 3. The highest BCUT2D eigenvalue weighted by molar-refractivity contribution is 6.33. The maximum absolute atomic E-state index is 12.6. The van der Waals surface area contributed by atoms with E-state index in [4.69, 9.17) is 27.2 Å². The molecule has 6 N–H and O–H groups in total. The lowest BCUT2D eigenvalue weighted by molar-refractivity contribution is -0.136. The number of carbonyl (C=O) groups is 3. The smallest absolute Gasteiger partial charge is 0.307 e. The number of aromatic amines is 1. The Morgan fingerprint density at radius 2 is 2.00 bits per heavy atom. The Balaban J connectivity index is 1.54. The summed E-state index contributed by atoms with van der Waals surface area (Å²) in [7, 11) is 1.51. The summed E-state index contributed by atoms with van der Waals surface area (Å²) in [6.45, 7) is 1.03. The quantitative estimate of drug-likeness (QED) is 0.359. The Labute approximate surface area is 200 Å².